The van der Waals surface area contributed by atoms with Gasteiger partial charge in [-0.2, -0.15) is 26.3 Å². The first-order chi connectivity index (χ1) is 9.72. The van der Waals surface area contributed by atoms with Gasteiger partial charge in [-0.25, -0.2) is 5.84 Å². The predicted molar refractivity (Wildman–Crippen MR) is 79.8 cm³/mol. The number of nitrogens with zero attached hydrogens (tertiary/aromatic N) is 3. The molecular formula is C12H18N6OS. The Labute approximate surface area is 121 Å². The third-order valence-corrected chi connectivity index (χ3v) is 3.27. The van der Waals surface area contributed by atoms with Crippen molar-refractivity contribution in [2.24, 2.45) is 5.84 Å². The summed E-state index contributed by atoms with van der Waals surface area (Å²) in [6.07, 6.45) is 0.880. The van der Waals surface area contributed by atoms with Gasteiger partial charge in [0.1, 0.15) is 0 Å². The fourth-order valence-electron chi connectivity index (χ4n) is 1.54. The molecule has 2 rings (SSSR count). The van der Waals surface area contributed by atoms with Crippen LogP contribution >= 0.6 is 11.3 Å². The lowest BCUT2D eigenvalue weighted by Gasteiger charge is -2.13. The minimum Gasteiger partial charge on any atom is -0.463 e. The number of nitrogens with one attached hydrogen (secondary N) is 2. The average molecular weight is 294 g/mol. The van der Waals surface area contributed by atoms with E-state index in [2.05, 4.69) is 37.1 Å². The average Bonchev–Trinajstić information content (AvgIpc) is 2.99. The van der Waals surface area contributed by atoms with E-state index >= 15 is 0 Å². The van der Waals surface area contributed by atoms with Crippen molar-refractivity contribution < 1.29 is 4.74 Å². The van der Waals surface area contributed by atoms with E-state index in [1.165, 1.54) is 5.56 Å². The van der Waals surface area contributed by atoms with Gasteiger partial charge in [0.2, 0.25) is 11.9 Å². The van der Waals surface area contributed by atoms with E-state index in [1.807, 2.05) is 19.2 Å². The number of nitrogen functional groups attached to an aromatic ring is 1. The number of ether oxygens (including phenoxy) is 1. The van der Waals surface area contributed by atoms with Crippen LogP contribution in [0.2, 0.25) is 0 Å². The number of nitrogens with two attached hydrogens (primary N) is 1. The molecule has 20 heavy (non-hydrogen) atoms. The van der Waals surface area contributed by atoms with Crippen molar-refractivity contribution in [2.45, 2.75) is 26.3 Å². The number of thiophene rings is 1. The molecule has 0 aliphatic heterocycles. The molecule has 0 saturated heterocycles. The molecule has 1 atom stereocenters. The van der Waals surface area contributed by atoms with Crippen LogP contribution in [-0.2, 0) is 0 Å². The van der Waals surface area contributed by atoms with Crippen molar-refractivity contribution in [1.29, 1.82) is 0 Å². The van der Waals surface area contributed by atoms with Crippen LogP contribution < -0.4 is 21.3 Å². The van der Waals surface area contributed by atoms with Gasteiger partial charge in [-0.15, -0.1) is 0 Å². The zero-order valence-electron chi connectivity index (χ0n) is 11.5. The summed E-state index contributed by atoms with van der Waals surface area (Å²) >= 11 is 1.65. The molecule has 0 amide bonds. The third kappa shape index (κ3) is 3.78. The summed E-state index contributed by atoms with van der Waals surface area (Å²) in [7, 11) is 0. The van der Waals surface area contributed by atoms with Crippen molar-refractivity contribution in [3.05, 3.63) is 22.4 Å². The largest absolute Gasteiger partial charge is 0.463 e. The van der Waals surface area contributed by atoms with Crippen LogP contribution in [-0.4, -0.2) is 21.6 Å². The molecule has 0 spiro atoms. The zero-order chi connectivity index (χ0) is 14.4. The number of hydrogen-bond donors (Lipinski definition) is 3. The molecule has 7 nitrogen and oxygen atoms in total. The number of aromatic nitrogens is 3. The van der Waals surface area contributed by atoms with Gasteiger partial charge in [0.15, 0.2) is 0 Å². The lowest BCUT2D eigenvalue weighted by atomic mass is 10.2. The number of hydrazine groups is 1. The highest BCUT2D eigenvalue weighted by molar-refractivity contribution is 7.07. The Morgan fingerprint density at radius 1 is 1.35 bits per heavy atom. The minimum atomic E-state index is 0.0910. The fourth-order valence-corrected chi connectivity index (χ4v) is 2.30. The summed E-state index contributed by atoms with van der Waals surface area (Å²) in [5.74, 6) is 6.06. The minimum absolute atomic E-state index is 0.0910. The highest BCUT2D eigenvalue weighted by Gasteiger charge is 2.11. The first-order valence-corrected chi connectivity index (χ1v) is 7.31. The summed E-state index contributed by atoms with van der Waals surface area (Å²) in [4.78, 5) is 12.4. The number of anilines is 2. The Bertz CT molecular complexity index is 533. The topological polar surface area (TPSA) is 98.0 Å². The van der Waals surface area contributed by atoms with Crippen LogP contribution in [0.1, 0.15) is 31.9 Å². The maximum Gasteiger partial charge on any atom is 0.323 e. The molecule has 1 unspecified atom stereocenters. The van der Waals surface area contributed by atoms with E-state index in [1.54, 1.807) is 11.3 Å². The Hall–Kier alpha value is -1.93. The van der Waals surface area contributed by atoms with Gasteiger partial charge in [0, 0.05) is 0 Å². The predicted octanol–water partition coefficient (Wildman–Crippen LogP) is 2.18. The molecule has 0 radical (unpaired) electrons. The Morgan fingerprint density at radius 2 is 2.15 bits per heavy atom. The Morgan fingerprint density at radius 3 is 2.80 bits per heavy atom. The second-order valence-electron chi connectivity index (χ2n) is 4.18. The number of hydrogen-bond acceptors (Lipinski definition) is 8. The molecule has 2 heterocycles. The van der Waals surface area contributed by atoms with Crippen molar-refractivity contribution >= 4 is 23.2 Å². The molecular weight excluding hydrogens is 276 g/mol. The number of rotatable bonds is 7. The maximum absolute atomic E-state index is 5.41. The zero-order valence-corrected chi connectivity index (χ0v) is 12.3. The SMILES string of the molecule is CCCOc1nc(NN)nc(NC(C)c2ccsc2)n1. The van der Waals surface area contributed by atoms with E-state index in [0.717, 1.165) is 6.42 Å². The first kappa shape index (κ1) is 14.5. The smallest absolute Gasteiger partial charge is 0.323 e. The Kier molecular flexibility index (Phi) is 5.08. The van der Waals surface area contributed by atoms with E-state index < -0.39 is 0 Å². The molecule has 2 aromatic heterocycles. The first-order valence-electron chi connectivity index (χ1n) is 6.37. The highest BCUT2D eigenvalue weighted by atomic mass is 32.1. The molecule has 0 bridgehead atoms. The monoisotopic (exact) mass is 294 g/mol. The summed E-state index contributed by atoms with van der Waals surface area (Å²) < 4.78 is 5.41. The second kappa shape index (κ2) is 7.01. The fraction of sp³-hybridized carbons (Fsp3) is 0.417. The van der Waals surface area contributed by atoms with Crippen LogP contribution in [0.3, 0.4) is 0 Å². The molecule has 108 valence electrons. The molecule has 0 aliphatic carbocycles. The van der Waals surface area contributed by atoms with Crippen LogP contribution in [0.5, 0.6) is 6.01 Å². The molecule has 0 aliphatic rings. The van der Waals surface area contributed by atoms with Gasteiger partial charge in [-0.05, 0) is 35.7 Å². The van der Waals surface area contributed by atoms with Gasteiger partial charge < -0.3 is 10.1 Å². The molecule has 4 N–H and O–H groups in total. The van der Waals surface area contributed by atoms with Crippen LogP contribution in [0.15, 0.2) is 16.8 Å². The van der Waals surface area contributed by atoms with Crippen LogP contribution in [0.25, 0.3) is 0 Å². The standard InChI is InChI=1S/C12H18N6OS/c1-3-5-19-12-16-10(15-11(17-12)18-13)14-8(2)9-4-6-20-7-9/h4,6-8H,3,5,13H2,1-2H3,(H2,14,15,16,17,18). The van der Waals surface area contributed by atoms with Crippen molar-refractivity contribution in [2.75, 3.05) is 17.3 Å². The summed E-state index contributed by atoms with van der Waals surface area (Å²) in [5, 5.41) is 7.31. The molecule has 8 heteroatoms. The van der Waals surface area contributed by atoms with Crippen molar-refractivity contribution in [1.82, 2.24) is 15.0 Å². The van der Waals surface area contributed by atoms with Crippen LogP contribution in [0, 0.1) is 0 Å². The van der Waals surface area contributed by atoms with E-state index in [-0.39, 0.29) is 18.0 Å². The van der Waals surface area contributed by atoms with E-state index in [9.17, 15) is 0 Å². The van der Waals surface area contributed by atoms with Gasteiger partial charge in [0.25, 0.3) is 0 Å². The van der Waals surface area contributed by atoms with E-state index in [0.29, 0.717) is 12.6 Å². The third-order valence-electron chi connectivity index (χ3n) is 2.57. The molecule has 0 saturated carbocycles. The summed E-state index contributed by atoms with van der Waals surface area (Å²) in [6.45, 7) is 4.60. The van der Waals surface area contributed by atoms with Crippen molar-refractivity contribution in [3.8, 4) is 6.01 Å². The van der Waals surface area contributed by atoms with E-state index in [4.69, 9.17) is 10.6 Å². The van der Waals surface area contributed by atoms with Crippen LogP contribution in [0.4, 0.5) is 11.9 Å². The Balaban J connectivity index is 2.13. The molecule has 2 aromatic rings. The summed E-state index contributed by atoms with van der Waals surface area (Å²) in [6, 6.07) is 2.41. The highest BCUT2D eigenvalue weighted by Crippen LogP contribution is 2.20. The van der Waals surface area contributed by atoms with Gasteiger partial charge in [0.05, 0.1) is 12.6 Å². The maximum atomic E-state index is 5.41. The molecule has 0 fully saturated rings. The van der Waals surface area contributed by atoms with Gasteiger partial charge in [-0.3, -0.25) is 5.43 Å². The van der Waals surface area contributed by atoms with Gasteiger partial charge >= 0.3 is 6.01 Å². The quantitative estimate of drug-likeness (QED) is 0.532. The lowest BCUT2D eigenvalue weighted by molar-refractivity contribution is 0.292. The van der Waals surface area contributed by atoms with Gasteiger partial charge in [-0.1, -0.05) is 6.92 Å². The molecule has 0 aromatic carbocycles. The second-order valence-corrected chi connectivity index (χ2v) is 4.96. The van der Waals surface area contributed by atoms with Crippen molar-refractivity contribution in [3.63, 3.8) is 0 Å². The lowest BCUT2D eigenvalue weighted by Crippen LogP contribution is -2.16. The normalized spacial score (nSPS) is 11.9. The summed E-state index contributed by atoms with van der Waals surface area (Å²) in [5.41, 5.74) is 3.59.